The quantitative estimate of drug-likeness (QED) is 0.203. The number of benzene rings is 2. The molecule has 1 aliphatic rings. The van der Waals surface area contributed by atoms with Gasteiger partial charge in [0.15, 0.2) is 0 Å². The molecule has 4 aromatic rings. The predicted molar refractivity (Wildman–Crippen MR) is 141 cm³/mol. The minimum atomic E-state index is -0.319. The van der Waals surface area contributed by atoms with Crippen LogP contribution in [0.4, 0.5) is 27.9 Å². The highest BCUT2D eigenvalue weighted by Crippen LogP contribution is 2.34. The van der Waals surface area contributed by atoms with E-state index in [1.807, 2.05) is 6.07 Å². The third-order valence-corrected chi connectivity index (χ3v) is 6.38. The third-order valence-electron chi connectivity index (χ3n) is 5.56. The van der Waals surface area contributed by atoms with E-state index >= 15 is 0 Å². The maximum atomic E-state index is 13.3. The fourth-order valence-corrected chi connectivity index (χ4v) is 4.18. The van der Waals surface area contributed by atoms with Gasteiger partial charge in [-0.2, -0.15) is 20.1 Å². The molecule has 2 aromatic heterocycles. The van der Waals surface area contributed by atoms with Gasteiger partial charge in [0.05, 0.1) is 16.3 Å². The lowest BCUT2D eigenvalue weighted by Crippen LogP contribution is -2.31. The van der Waals surface area contributed by atoms with E-state index in [1.54, 1.807) is 36.4 Å². The molecular formula is C25H22Cl2FN7O. The molecule has 2 aromatic carbocycles. The van der Waals surface area contributed by atoms with Gasteiger partial charge in [0.2, 0.25) is 17.8 Å². The van der Waals surface area contributed by atoms with Crippen molar-refractivity contribution >= 4 is 52.9 Å². The number of aromatic nitrogens is 3. The Morgan fingerprint density at radius 2 is 1.69 bits per heavy atom. The van der Waals surface area contributed by atoms with E-state index in [0.29, 0.717) is 44.7 Å². The second-order valence-corrected chi connectivity index (χ2v) is 8.92. The van der Waals surface area contributed by atoms with Gasteiger partial charge in [0.1, 0.15) is 17.3 Å². The number of nitrogens with one attached hydrogen (secondary N) is 2. The first-order chi connectivity index (χ1) is 17.5. The number of anilines is 4. The topological polar surface area (TPSA) is 91.5 Å². The van der Waals surface area contributed by atoms with Crippen LogP contribution in [0.5, 0.6) is 0 Å². The summed E-state index contributed by atoms with van der Waals surface area (Å²) in [5, 5.41) is 8.20. The normalized spacial score (nSPS) is 13.8. The lowest BCUT2D eigenvalue weighted by atomic mass is 10.1. The van der Waals surface area contributed by atoms with Crippen LogP contribution in [0, 0.1) is 5.82 Å². The Kier molecular flexibility index (Phi) is 7.29. The SMILES string of the molecule is Fc1ccc(Nc2nc(NN=Cc3ccc(-c4cccc(Cl)c4Cl)o3)nc(N3CCCCC3)n2)cc1. The first kappa shape index (κ1) is 24.0. The number of piperidine rings is 1. The van der Waals surface area contributed by atoms with Gasteiger partial charge in [-0.25, -0.2) is 9.82 Å². The Morgan fingerprint density at radius 3 is 2.50 bits per heavy atom. The first-order valence-corrected chi connectivity index (χ1v) is 12.2. The zero-order valence-corrected chi connectivity index (χ0v) is 20.6. The van der Waals surface area contributed by atoms with E-state index in [4.69, 9.17) is 27.6 Å². The standard InChI is InChI=1S/C25H22Cl2FN7O/c26-20-6-4-5-19(22(20)27)21-12-11-18(36-21)15-29-34-24-31-23(30-17-9-7-16(28)8-10-17)32-25(33-24)35-13-2-1-3-14-35/h4-12,15H,1-3,13-14H2,(H2,30,31,32,33,34). The average molecular weight is 526 g/mol. The van der Waals surface area contributed by atoms with Crippen LogP contribution in [0.15, 0.2) is 64.1 Å². The van der Waals surface area contributed by atoms with Gasteiger partial charge in [-0.15, -0.1) is 0 Å². The zero-order valence-electron chi connectivity index (χ0n) is 19.1. The van der Waals surface area contributed by atoms with Crippen molar-refractivity contribution in [3.8, 4) is 11.3 Å². The van der Waals surface area contributed by atoms with E-state index < -0.39 is 0 Å². The highest BCUT2D eigenvalue weighted by atomic mass is 35.5. The summed E-state index contributed by atoms with van der Waals surface area (Å²) in [6.45, 7) is 1.73. The van der Waals surface area contributed by atoms with Gasteiger partial charge >= 0.3 is 0 Å². The Labute approximate surface area is 217 Å². The Hall–Kier alpha value is -3.69. The van der Waals surface area contributed by atoms with E-state index in [9.17, 15) is 4.39 Å². The van der Waals surface area contributed by atoms with Crippen molar-refractivity contribution in [2.45, 2.75) is 19.3 Å². The maximum absolute atomic E-state index is 13.3. The van der Waals surface area contributed by atoms with Crippen LogP contribution >= 0.6 is 23.2 Å². The molecule has 36 heavy (non-hydrogen) atoms. The molecule has 0 radical (unpaired) electrons. The number of hydrogen-bond donors (Lipinski definition) is 2. The lowest BCUT2D eigenvalue weighted by molar-refractivity contribution is 0.568. The van der Waals surface area contributed by atoms with E-state index in [2.05, 4.69) is 35.7 Å². The molecule has 3 heterocycles. The molecule has 0 unspecified atom stereocenters. The lowest BCUT2D eigenvalue weighted by Gasteiger charge is -2.26. The Balaban J connectivity index is 1.35. The predicted octanol–water partition coefficient (Wildman–Crippen LogP) is 6.76. The summed E-state index contributed by atoms with van der Waals surface area (Å²) in [5.74, 6) is 1.89. The van der Waals surface area contributed by atoms with E-state index in [-0.39, 0.29) is 11.8 Å². The minimum Gasteiger partial charge on any atom is -0.455 e. The fraction of sp³-hybridized carbons (Fsp3) is 0.200. The summed E-state index contributed by atoms with van der Waals surface area (Å²) in [4.78, 5) is 15.6. The summed E-state index contributed by atoms with van der Waals surface area (Å²) in [6, 6.07) is 14.9. The van der Waals surface area contributed by atoms with Crippen molar-refractivity contribution in [2.75, 3.05) is 28.7 Å². The van der Waals surface area contributed by atoms with Crippen molar-refractivity contribution in [3.05, 3.63) is 76.2 Å². The first-order valence-electron chi connectivity index (χ1n) is 11.4. The molecule has 184 valence electrons. The highest BCUT2D eigenvalue weighted by Gasteiger charge is 2.17. The highest BCUT2D eigenvalue weighted by molar-refractivity contribution is 6.43. The van der Waals surface area contributed by atoms with Crippen LogP contribution in [-0.4, -0.2) is 34.3 Å². The molecule has 0 saturated carbocycles. The number of furan rings is 1. The number of halogens is 3. The summed E-state index contributed by atoms with van der Waals surface area (Å²) < 4.78 is 19.1. The molecule has 2 N–H and O–H groups in total. The Bertz CT molecular complexity index is 1370. The number of nitrogens with zero attached hydrogens (tertiary/aromatic N) is 5. The zero-order chi connectivity index (χ0) is 24.9. The molecular weight excluding hydrogens is 504 g/mol. The molecule has 5 rings (SSSR count). The van der Waals surface area contributed by atoms with Crippen LogP contribution < -0.4 is 15.6 Å². The third kappa shape index (κ3) is 5.75. The van der Waals surface area contributed by atoms with Crippen molar-refractivity contribution in [1.82, 2.24) is 15.0 Å². The summed E-state index contributed by atoms with van der Waals surface area (Å²) in [7, 11) is 0. The van der Waals surface area contributed by atoms with E-state index in [0.717, 1.165) is 25.9 Å². The van der Waals surface area contributed by atoms with Gasteiger partial charge < -0.3 is 14.6 Å². The van der Waals surface area contributed by atoms with Crippen LogP contribution in [0.2, 0.25) is 10.0 Å². The second-order valence-electron chi connectivity index (χ2n) is 8.14. The van der Waals surface area contributed by atoms with Gasteiger partial charge in [-0.05, 0) is 67.8 Å². The average Bonchev–Trinajstić information content (AvgIpc) is 3.36. The van der Waals surface area contributed by atoms with Gasteiger partial charge in [0, 0.05) is 24.3 Å². The summed E-state index contributed by atoms with van der Waals surface area (Å²) in [5.41, 5.74) is 4.20. The van der Waals surface area contributed by atoms with Gasteiger partial charge in [-0.1, -0.05) is 29.3 Å². The molecule has 0 spiro atoms. The van der Waals surface area contributed by atoms with Crippen molar-refractivity contribution < 1.29 is 8.81 Å². The van der Waals surface area contributed by atoms with Crippen molar-refractivity contribution in [1.29, 1.82) is 0 Å². The molecule has 1 fully saturated rings. The van der Waals surface area contributed by atoms with Crippen LogP contribution in [0.25, 0.3) is 11.3 Å². The summed E-state index contributed by atoms with van der Waals surface area (Å²) in [6.07, 6.45) is 4.85. The van der Waals surface area contributed by atoms with Crippen molar-refractivity contribution in [2.24, 2.45) is 5.10 Å². The van der Waals surface area contributed by atoms with Crippen LogP contribution in [0.3, 0.4) is 0 Å². The largest absolute Gasteiger partial charge is 0.455 e. The molecule has 0 amide bonds. The second kappa shape index (κ2) is 10.9. The fourth-order valence-electron chi connectivity index (χ4n) is 3.78. The summed E-state index contributed by atoms with van der Waals surface area (Å²) >= 11 is 12.4. The molecule has 1 aliphatic heterocycles. The van der Waals surface area contributed by atoms with Gasteiger partial charge in [-0.3, -0.25) is 0 Å². The number of hydrazone groups is 1. The Morgan fingerprint density at radius 1 is 0.917 bits per heavy atom. The van der Waals surface area contributed by atoms with E-state index in [1.165, 1.54) is 24.8 Å². The number of rotatable bonds is 7. The molecule has 1 saturated heterocycles. The van der Waals surface area contributed by atoms with Crippen LogP contribution in [0.1, 0.15) is 25.0 Å². The van der Waals surface area contributed by atoms with Crippen molar-refractivity contribution in [3.63, 3.8) is 0 Å². The molecule has 0 bridgehead atoms. The van der Waals surface area contributed by atoms with Gasteiger partial charge in [0.25, 0.3) is 0 Å². The molecule has 0 atom stereocenters. The molecule has 8 nitrogen and oxygen atoms in total. The van der Waals surface area contributed by atoms with Crippen LogP contribution in [-0.2, 0) is 0 Å². The molecule has 11 heteroatoms. The monoisotopic (exact) mass is 525 g/mol. The number of hydrogen-bond acceptors (Lipinski definition) is 8. The minimum absolute atomic E-state index is 0.260. The smallest absolute Gasteiger partial charge is 0.250 e. The maximum Gasteiger partial charge on any atom is 0.250 e. The molecule has 0 aliphatic carbocycles.